The highest BCUT2D eigenvalue weighted by Gasteiger charge is 2.12. The van der Waals surface area contributed by atoms with Crippen molar-refractivity contribution in [2.45, 2.75) is 6.92 Å². The van der Waals surface area contributed by atoms with E-state index in [1.807, 2.05) is 6.92 Å². The van der Waals surface area contributed by atoms with Gasteiger partial charge in [-0.25, -0.2) is 4.79 Å². The monoisotopic (exact) mass is 366 g/mol. The van der Waals surface area contributed by atoms with Crippen LogP contribution in [0.4, 0.5) is 0 Å². The van der Waals surface area contributed by atoms with Gasteiger partial charge in [-0.1, -0.05) is 0 Å². The van der Waals surface area contributed by atoms with E-state index in [2.05, 4.69) is 31.9 Å². The third-order valence-corrected chi connectivity index (χ3v) is 3.10. The summed E-state index contributed by atoms with van der Waals surface area (Å²) >= 11 is 6.55. The molecule has 0 atom stereocenters. The molecule has 0 spiro atoms. The Labute approximate surface area is 116 Å². The van der Waals surface area contributed by atoms with E-state index in [0.29, 0.717) is 34.5 Å². The van der Waals surface area contributed by atoms with Crippen LogP contribution in [0, 0.1) is 0 Å². The lowest BCUT2D eigenvalue weighted by atomic mass is 10.2. The average Bonchev–Trinajstić information content (AvgIpc) is 2.26. The third kappa shape index (κ3) is 4.29. The van der Waals surface area contributed by atoms with Crippen molar-refractivity contribution in [1.29, 1.82) is 0 Å². The number of hydrogen-bond acceptors (Lipinski definition) is 3. The van der Waals surface area contributed by atoms with Gasteiger partial charge in [0.25, 0.3) is 0 Å². The van der Waals surface area contributed by atoms with Crippen LogP contribution in [0.3, 0.4) is 0 Å². The quantitative estimate of drug-likeness (QED) is 0.783. The van der Waals surface area contributed by atoms with Gasteiger partial charge in [0, 0.05) is 6.61 Å². The van der Waals surface area contributed by atoms with Gasteiger partial charge in [0.2, 0.25) is 0 Å². The van der Waals surface area contributed by atoms with Gasteiger partial charge < -0.3 is 14.6 Å². The zero-order chi connectivity index (χ0) is 12.8. The molecule has 1 N–H and O–H groups in total. The Kier molecular flexibility index (Phi) is 5.94. The Morgan fingerprint density at radius 3 is 2.35 bits per heavy atom. The largest absolute Gasteiger partial charge is 0.489 e. The molecule has 0 fully saturated rings. The molecule has 0 saturated carbocycles. The van der Waals surface area contributed by atoms with Crippen molar-refractivity contribution >= 4 is 37.8 Å². The maximum absolute atomic E-state index is 10.8. The van der Waals surface area contributed by atoms with Crippen molar-refractivity contribution in [1.82, 2.24) is 0 Å². The van der Waals surface area contributed by atoms with Crippen LogP contribution in [-0.2, 0) is 4.74 Å². The van der Waals surface area contributed by atoms with Crippen molar-refractivity contribution in [3.8, 4) is 5.75 Å². The molecule has 6 heteroatoms. The Morgan fingerprint density at radius 2 is 1.88 bits per heavy atom. The van der Waals surface area contributed by atoms with E-state index < -0.39 is 5.97 Å². The molecule has 0 bridgehead atoms. The standard InChI is InChI=1S/C11H12Br2O4/c1-2-16-3-4-17-10-8(12)5-7(11(14)15)6-9(10)13/h5-6H,2-4H2,1H3,(H,14,15). The number of halogens is 2. The highest BCUT2D eigenvalue weighted by atomic mass is 79.9. The fourth-order valence-electron chi connectivity index (χ4n) is 1.17. The van der Waals surface area contributed by atoms with Gasteiger partial charge >= 0.3 is 5.97 Å². The Morgan fingerprint density at radius 1 is 1.29 bits per heavy atom. The van der Waals surface area contributed by atoms with Gasteiger partial charge in [0.1, 0.15) is 12.4 Å². The second kappa shape index (κ2) is 6.98. The minimum Gasteiger partial charge on any atom is -0.489 e. The highest BCUT2D eigenvalue weighted by Crippen LogP contribution is 2.34. The topological polar surface area (TPSA) is 55.8 Å². The highest BCUT2D eigenvalue weighted by molar-refractivity contribution is 9.11. The van der Waals surface area contributed by atoms with Crippen LogP contribution < -0.4 is 4.74 Å². The van der Waals surface area contributed by atoms with Crippen molar-refractivity contribution in [3.63, 3.8) is 0 Å². The van der Waals surface area contributed by atoms with E-state index >= 15 is 0 Å². The molecule has 1 aromatic carbocycles. The first-order valence-electron chi connectivity index (χ1n) is 4.99. The summed E-state index contributed by atoms with van der Waals surface area (Å²) in [4.78, 5) is 10.8. The maximum atomic E-state index is 10.8. The number of carbonyl (C=O) groups is 1. The molecule has 17 heavy (non-hydrogen) atoms. The summed E-state index contributed by atoms with van der Waals surface area (Å²) in [5.41, 5.74) is 0.195. The predicted octanol–water partition coefficient (Wildman–Crippen LogP) is 3.33. The molecular weight excluding hydrogens is 356 g/mol. The molecule has 94 valence electrons. The van der Waals surface area contributed by atoms with Crippen LogP contribution in [0.2, 0.25) is 0 Å². The number of rotatable bonds is 6. The maximum Gasteiger partial charge on any atom is 0.335 e. The summed E-state index contributed by atoms with van der Waals surface area (Å²) < 4.78 is 11.8. The second-order valence-corrected chi connectivity index (χ2v) is 4.83. The molecule has 4 nitrogen and oxygen atoms in total. The SMILES string of the molecule is CCOCCOc1c(Br)cc(C(=O)O)cc1Br. The molecule has 0 heterocycles. The van der Waals surface area contributed by atoms with Gasteiger partial charge in [-0.15, -0.1) is 0 Å². The number of hydrogen-bond donors (Lipinski definition) is 1. The molecule has 1 rings (SSSR count). The second-order valence-electron chi connectivity index (χ2n) is 3.12. The Bertz CT molecular complexity index is 383. The van der Waals surface area contributed by atoms with Crippen LogP contribution in [-0.4, -0.2) is 30.9 Å². The van der Waals surface area contributed by atoms with Crippen LogP contribution in [0.15, 0.2) is 21.1 Å². The molecule has 0 aliphatic rings. The minimum absolute atomic E-state index is 0.195. The van der Waals surface area contributed by atoms with Crippen molar-refractivity contribution in [2.24, 2.45) is 0 Å². The molecule has 1 aromatic rings. The number of benzene rings is 1. The first kappa shape index (κ1) is 14.5. The van der Waals surface area contributed by atoms with E-state index in [1.165, 1.54) is 12.1 Å². The first-order chi connectivity index (χ1) is 8.06. The molecule has 0 aliphatic carbocycles. The summed E-state index contributed by atoms with van der Waals surface area (Å²) in [6.07, 6.45) is 0. The summed E-state index contributed by atoms with van der Waals surface area (Å²) in [6, 6.07) is 3.01. The molecule has 0 aliphatic heterocycles. The average molecular weight is 368 g/mol. The van der Waals surface area contributed by atoms with Gasteiger partial charge in [0.15, 0.2) is 0 Å². The smallest absolute Gasteiger partial charge is 0.335 e. The van der Waals surface area contributed by atoms with Gasteiger partial charge in [-0.05, 0) is 50.9 Å². The van der Waals surface area contributed by atoms with Crippen LogP contribution in [0.1, 0.15) is 17.3 Å². The molecule has 0 aromatic heterocycles. The van der Waals surface area contributed by atoms with Crippen molar-refractivity contribution in [3.05, 3.63) is 26.6 Å². The summed E-state index contributed by atoms with van der Waals surface area (Å²) in [5.74, 6) is -0.401. The fraction of sp³-hybridized carbons (Fsp3) is 0.364. The van der Waals surface area contributed by atoms with Crippen LogP contribution in [0.25, 0.3) is 0 Å². The number of aromatic carboxylic acids is 1. The molecule has 0 radical (unpaired) electrons. The Balaban J connectivity index is 2.76. The molecule has 0 amide bonds. The number of carboxylic acids is 1. The zero-order valence-corrected chi connectivity index (χ0v) is 12.4. The molecular formula is C11H12Br2O4. The van der Waals surface area contributed by atoms with Gasteiger partial charge in [-0.3, -0.25) is 0 Å². The first-order valence-corrected chi connectivity index (χ1v) is 6.57. The molecule has 0 unspecified atom stereocenters. The zero-order valence-electron chi connectivity index (χ0n) is 9.20. The van der Waals surface area contributed by atoms with E-state index in [4.69, 9.17) is 14.6 Å². The third-order valence-electron chi connectivity index (χ3n) is 1.92. The van der Waals surface area contributed by atoms with Gasteiger partial charge in [0.05, 0.1) is 21.1 Å². The number of carboxylic acid groups (broad SMARTS) is 1. The van der Waals surface area contributed by atoms with Crippen molar-refractivity contribution < 1.29 is 19.4 Å². The van der Waals surface area contributed by atoms with E-state index in [9.17, 15) is 4.79 Å². The predicted molar refractivity (Wildman–Crippen MR) is 70.8 cm³/mol. The lowest BCUT2D eigenvalue weighted by Crippen LogP contribution is -2.07. The van der Waals surface area contributed by atoms with Crippen molar-refractivity contribution in [2.75, 3.05) is 19.8 Å². The van der Waals surface area contributed by atoms with E-state index in [-0.39, 0.29) is 5.56 Å². The number of ether oxygens (including phenoxy) is 2. The fourth-order valence-corrected chi connectivity index (χ4v) is 2.58. The Hall–Kier alpha value is -0.590. The van der Waals surface area contributed by atoms with E-state index in [0.717, 1.165) is 0 Å². The lowest BCUT2D eigenvalue weighted by molar-refractivity contribution is 0.0696. The normalized spacial score (nSPS) is 10.3. The summed E-state index contributed by atoms with van der Waals surface area (Å²) in [7, 11) is 0. The van der Waals surface area contributed by atoms with Crippen LogP contribution >= 0.6 is 31.9 Å². The summed E-state index contributed by atoms with van der Waals surface area (Å²) in [5, 5.41) is 8.87. The van der Waals surface area contributed by atoms with E-state index in [1.54, 1.807) is 0 Å². The minimum atomic E-state index is -0.979. The molecule has 0 saturated heterocycles. The van der Waals surface area contributed by atoms with Gasteiger partial charge in [-0.2, -0.15) is 0 Å². The van der Waals surface area contributed by atoms with Crippen LogP contribution in [0.5, 0.6) is 5.75 Å². The summed E-state index contributed by atoms with van der Waals surface area (Å²) in [6.45, 7) is 3.46. The lowest BCUT2D eigenvalue weighted by Gasteiger charge is -2.11.